The van der Waals surface area contributed by atoms with Crippen LogP contribution in [0.2, 0.25) is 0 Å². The number of amides is 3. The Bertz CT molecular complexity index is 1150. The highest BCUT2D eigenvalue weighted by Crippen LogP contribution is 2.39. The fourth-order valence-corrected chi connectivity index (χ4v) is 5.13. The molecule has 1 aliphatic carbocycles. The SMILES string of the molecule is CCOC(=O)c1c(NC(=O)CN2C(=O)c3cccc([N+](=O)[O-])c3C2=O)sc2c1CCC2. The number of aryl methyl sites for hydroxylation is 1. The minimum atomic E-state index is -0.901. The van der Waals surface area contributed by atoms with Gasteiger partial charge in [0.05, 0.1) is 22.7 Å². The number of hydrogen-bond donors (Lipinski definition) is 1. The number of rotatable bonds is 6. The average Bonchev–Trinajstić information content (AvgIpc) is 3.36. The van der Waals surface area contributed by atoms with Crippen molar-refractivity contribution in [2.75, 3.05) is 18.5 Å². The summed E-state index contributed by atoms with van der Waals surface area (Å²) in [6, 6.07) is 3.75. The lowest BCUT2D eigenvalue weighted by atomic mass is 10.1. The molecule has 1 aliphatic heterocycles. The molecule has 0 radical (unpaired) electrons. The first-order valence-electron chi connectivity index (χ1n) is 9.58. The van der Waals surface area contributed by atoms with Gasteiger partial charge in [0.1, 0.15) is 17.1 Å². The number of anilines is 1. The second-order valence-corrected chi connectivity index (χ2v) is 8.09. The van der Waals surface area contributed by atoms with Gasteiger partial charge in [0.15, 0.2) is 0 Å². The Balaban J connectivity index is 1.56. The third-order valence-electron chi connectivity index (χ3n) is 5.13. The van der Waals surface area contributed by atoms with Crippen molar-refractivity contribution >= 4 is 45.7 Å². The maximum Gasteiger partial charge on any atom is 0.341 e. The molecule has 4 rings (SSSR count). The molecule has 0 atom stereocenters. The van der Waals surface area contributed by atoms with Crippen molar-refractivity contribution < 1.29 is 28.8 Å². The van der Waals surface area contributed by atoms with Gasteiger partial charge in [-0.25, -0.2) is 4.79 Å². The molecule has 160 valence electrons. The monoisotopic (exact) mass is 443 g/mol. The van der Waals surface area contributed by atoms with Gasteiger partial charge in [0, 0.05) is 10.9 Å². The summed E-state index contributed by atoms with van der Waals surface area (Å²) >= 11 is 1.27. The summed E-state index contributed by atoms with van der Waals surface area (Å²) in [6.45, 7) is 1.24. The number of carbonyl (C=O) groups excluding carboxylic acids is 4. The molecule has 1 N–H and O–H groups in total. The van der Waals surface area contributed by atoms with Crippen molar-refractivity contribution in [3.8, 4) is 0 Å². The summed E-state index contributed by atoms with van der Waals surface area (Å²) in [4.78, 5) is 62.4. The van der Waals surface area contributed by atoms with Crippen molar-refractivity contribution in [1.29, 1.82) is 0 Å². The van der Waals surface area contributed by atoms with Gasteiger partial charge in [-0.05, 0) is 37.8 Å². The molecule has 2 aromatic rings. The molecule has 0 unspecified atom stereocenters. The normalized spacial score (nSPS) is 14.4. The van der Waals surface area contributed by atoms with Crippen LogP contribution in [0.5, 0.6) is 0 Å². The molecule has 0 fully saturated rings. The molecule has 1 aromatic carbocycles. The van der Waals surface area contributed by atoms with Crippen LogP contribution in [0.1, 0.15) is 54.9 Å². The number of imide groups is 1. The molecule has 11 heteroatoms. The fraction of sp³-hybridized carbons (Fsp3) is 0.300. The van der Waals surface area contributed by atoms with Gasteiger partial charge >= 0.3 is 5.97 Å². The minimum Gasteiger partial charge on any atom is -0.462 e. The number of thiophene rings is 1. The molecule has 10 nitrogen and oxygen atoms in total. The van der Waals surface area contributed by atoms with Crippen LogP contribution in [0.25, 0.3) is 0 Å². The second kappa shape index (κ2) is 7.91. The molecule has 2 aliphatic rings. The molecule has 0 spiro atoms. The van der Waals surface area contributed by atoms with E-state index in [-0.39, 0.29) is 17.7 Å². The van der Waals surface area contributed by atoms with E-state index in [2.05, 4.69) is 5.32 Å². The maximum absolute atomic E-state index is 12.7. The van der Waals surface area contributed by atoms with E-state index < -0.39 is 40.8 Å². The first-order chi connectivity index (χ1) is 14.8. The standard InChI is InChI=1S/C20H17N3O7S/c1-2-30-20(27)16-10-5-4-8-13(10)31-17(16)21-14(24)9-22-18(25)11-6-3-7-12(23(28)29)15(11)19(22)26/h3,6-7H,2,4-5,8-9H2,1H3,(H,21,24). The highest BCUT2D eigenvalue weighted by atomic mass is 32.1. The van der Waals surface area contributed by atoms with E-state index in [9.17, 15) is 29.3 Å². The van der Waals surface area contributed by atoms with Crippen LogP contribution in [-0.2, 0) is 22.4 Å². The van der Waals surface area contributed by atoms with Crippen LogP contribution in [0, 0.1) is 10.1 Å². The van der Waals surface area contributed by atoms with Crippen LogP contribution in [0.3, 0.4) is 0 Å². The van der Waals surface area contributed by atoms with Gasteiger partial charge in [-0.2, -0.15) is 0 Å². The van der Waals surface area contributed by atoms with Crippen molar-refractivity contribution in [2.24, 2.45) is 0 Å². The van der Waals surface area contributed by atoms with Gasteiger partial charge in [-0.15, -0.1) is 11.3 Å². The summed E-state index contributed by atoms with van der Waals surface area (Å²) in [5.41, 5.74) is 0.237. The maximum atomic E-state index is 12.7. The van der Waals surface area contributed by atoms with Crippen LogP contribution in [0.4, 0.5) is 10.7 Å². The van der Waals surface area contributed by atoms with E-state index in [1.807, 2.05) is 0 Å². The second-order valence-electron chi connectivity index (χ2n) is 6.98. The van der Waals surface area contributed by atoms with Crippen LogP contribution in [-0.4, -0.2) is 46.7 Å². The zero-order valence-corrected chi connectivity index (χ0v) is 17.2. The molecule has 3 amide bonds. The summed E-state index contributed by atoms with van der Waals surface area (Å²) in [5.74, 6) is -2.91. The summed E-state index contributed by atoms with van der Waals surface area (Å²) in [5, 5.41) is 14.1. The van der Waals surface area contributed by atoms with E-state index in [0.717, 1.165) is 29.3 Å². The third kappa shape index (κ3) is 3.46. The molecule has 31 heavy (non-hydrogen) atoms. The van der Waals surface area contributed by atoms with E-state index in [4.69, 9.17) is 4.74 Å². The Hall–Kier alpha value is -3.60. The first-order valence-corrected chi connectivity index (χ1v) is 10.4. The number of hydrogen-bond acceptors (Lipinski definition) is 8. The number of ether oxygens (including phenoxy) is 1. The zero-order chi connectivity index (χ0) is 22.3. The number of nitrogens with one attached hydrogen (secondary N) is 1. The first kappa shape index (κ1) is 20.7. The lowest BCUT2D eigenvalue weighted by Gasteiger charge is -2.14. The van der Waals surface area contributed by atoms with Crippen LogP contribution in [0.15, 0.2) is 18.2 Å². The van der Waals surface area contributed by atoms with Crippen molar-refractivity contribution in [3.63, 3.8) is 0 Å². The molecule has 0 bridgehead atoms. The van der Waals surface area contributed by atoms with E-state index >= 15 is 0 Å². The number of nitrogens with zero attached hydrogens (tertiary/aromatic N) is 2. The Morgan fingerprint density at radius 1 is 1.26 bits per heavy atom. The van der Waals surface area contributed by atoms with Gasteiger partial charge in [0.25, 0.3) is 17.5 Å². The average molecular weight is 443 g/mol. The molecule has 0 saturated carbocycles. The van der Waals surface area contributed by atoms with Gasteiger partial charge in [-0.1, -0.05) is 6.07 Å². The highest BCUT2D eigenvalue weighted by molar-refractivity contribution is 7.17. The van der Waals surface area contributed by atoms with Gasteiger partial charge < -0.3 is 10.1 Å². The van der Waals surface area contributed by atoms with Crippen LogP contribution < -0.4 is 5.32 Å². The minimum absolute atomic E-state index is 0.116. The zero-order valence-electron chi connectivity index (χ0n) is 16.4. The topological polar surface area (TPSA) is 136 Å². The smallest absolute Gasteiger partial charge is 0.341 e. The summed E-state index contributed by atoms with van der Waals surface area (Å²) < 4.78 is 5.11. The molecule has 1 aromatic heterocycles. The third-order valence-corrected chi connectivity index (χ3v) is 6.34. The fourth-order valence-electron chi connectivity index (χ4n) is 3.83. The number of esters is 1. The van der Waals surface area contributed by atoms with Crippen molar-refractivity contribution in [3.05, 3.63) is 55.4 Å². The van der Waals surface area contributed by atoms with Crippen molar-refractivity contribution in [2.45, 2.75) is 26.2 Å². The summed E-state index contributed by atoms with van der Waals surface area (Å²) in [6.07, 6.45) is 2.41. The lowest BCUT2D eigenvalue weighted by Crippen LogP contribution is -2.37. The molecule has 0 saturated heterocycles. The largest absolute Gasteiger partial charge is 0.462 e. The predicted molar refractivity (Wildman–Crippen MR) is 109 cm³/mol. The lowest BCUT2D eigenvalue weighted by molar-refractivity contribution is -0.385. The van der Waals surface area contributed by atoms with Gasteiger partial charge in [-0.3, -0.25) is 29.4 Å². The Labute approximate surface area is 179 Å². The van der Waals surface area contributed by atoms with Gasteiger partial charge in [0.2, 0.25) is 5.91 Å². The molecular weight excluding hydrogens is 426 g/mol. The van der Waals surface area contributed by atoms with E-state index in [0.29, 0.717) is 21.9 Å². The van der Waals surface area contributed by atoms with Crippen LogP contribution >= 0.6 is 11.3 Å². The number of carbonyl (C=O) groups is 4. The van der Waals surface area contributed by atoms with Crippen molar-refractivity contribution in [1.82, 2.24) is 4.90 Å². The molecule has 2 heterocycles. The Morgan fingerprint density at radius 2 is 2.03 bits per heavy atom. The summed E-state index contributed by atoms with van der Waals surface area (Å²) in [7, 11) is 0. The predicted octanol–water partition coefficient (Wildman–Crippen LogP) is 2.56. The quantitative estimate of drug-likeness (QED) is 0.314. The van der Waals surface area contributed by atoms with E-state index in [1.165, 1.54) is 23.5 Å². The molecular formula is C20H17N3O7S. The Morgan fingerprint density at radius 3 is 2.74 bits per heavy atom. The van der Waals surface area contributed by atoms with E-state index in [1.54, 1.807) is 6.92 Å². The number of benzene rings is 1. The Kier molecular flexibility index (Phi) is 5.27. The number of nitro benzene ring substituents is 1. The highest BCUT2D eigenvalue weighted by Gasteiger charge is 2.42. The number of fused-ring (bicyclic) bond motifs is 2. The number of nitro groups is 1.